The van der Waals surface area contributed by atoms with Crippen LogP contribution >= 0.6 is 0 Å². The fourth-order valence-electron chi connectivity index (χ4n) is 2.07. The summed E-state index contributed by atoms with van der Waals surface area (Å²) in [4.78, 5) is 15.5. The van der Waals surface area contributed by atoms with Gasteiger partial charge in [0, 0.05) is 11.1 Å². The Labute approximate surface area is 126 Å². The average molecular weight is 296 g/mol. The molecule has 1 aromatic heterocycles. The van der Waals surface area contributed by atoms with Crippen molar-refractivity contribution in [2.75, 3.05) is 7.11 Å². The second-order valence-electron chi connectivity index (χ2n) is 4.51. The highest BCUT2D eigenvalue weighted by Gasteiger charge is 2.17. The lowest BCUT2D eigenvalue weighted by atomic mass is 10.1. The zero-order valence-corrected chi connectivity index (χ0v) is 11.7. The van der Waals surface area contributed by atoms with Crippen LogP contribution < -0.4 is 4.74 Å². The summed E-state index contributed by atoms with van der Waals surface area (Å²) in [7, 11) is 1.57. The number of benzene rings is 2. The second kappa shape index (κ2) is 5.69. The van der Waals surface area contributed by atoms with E-state index in [0.29, 0.717) is 22.8 Å². The molecule has 3 aromatic rings. The first-order valence-corrected chi connectivity index (χ1v) is 6.50. The van der Waals surface area contributed by atoms with Crippen molar-refractivity contribution in [2.45, 2.75) is 0 Å². The Balaban J connectivity index is 2.02. The number of nitrogens with zero attached hydrogens (tertiary/aromatic N) is 2. The fraction of sp³-hybridized carbons (Fsp3) is 0.0625. The SMILES string of the molecule is COc1cccc(-c2nc(-c3ccccc3C(=O)O)no2)c1. The second-order valence-corrected chi connectivity index (χ2v) is 4.51. The average Bonchev–Trinajstić information content (AvgIpc) is 3.05. The van der Waals surface area contributed by atoms with E-state index < -0.39 is 5.97 Å². The summed E-state index contributed by atoms with van der Waals surface area (Å²) in [5.74, 6) is 0.163. The lowest BCUT2D eigenvalue weighted by Crippen LogP contribution is -1.99. The number of hydrogen-bond acceptors (Lipinski definition) is 5. The van der Waals surface area contributed by atoms with Crippen LogP contribution in [0.1, 0.15) is 10.4 Å². The Hall–Kier alpha value is -3.15. The van der Waals surface area contributed by atoms with Crippen molar-refractivity contribution in [3.63, 3.8) is 0 Å². The molecular formula is C16H12N2O4. The van der Waals surface area contributed by atoms with Crippen molar-refractivity contribution in [3.8, 4) is 28.6 Å². The summed E-state index contributed by atoms with van der Waals surface area (Å²) >= 11 is 0. The standard InChI is InChI=1S/C16H12N2O4/c1-21-11-6-4-5-10(9-11)15-17-14(18-22-15)12-7-2-3-8-13(12)16(19)20/h2-9H,1H3,(H,19,20). The first kappa shape index (κ1) is 13.8. The molecule has 0 saturated carbocycles. The van der Waals surface area contributed by atoms with E-state index in [-0.39, 0.29) is 11.4 Å². The molecule has 2 aromatic carbocycles. The van der Waals surface area contributed by atoms with Gasteiger partial charge in [0.25, 0.3) is 5.89 Å². The highest BCUT2D eigenvalue weighted by atomic mass is 16.5. The number of ether oxygens (including phenoxy) is 1. The highest BCUT2D eigenvalue weighted by molar-refractivity contribution is 5.94. The lowest BCUT2D eigenvalue weighted by molar-refractivity contribution is 0.0697. The van der Waals surface area contributed by atoms with Crippen LogP contribution in [0.5, 0.6) is 5.75 Å². The fourth-order valence-corrected chi connectivity index (χ4v) is 2.07. The minimum Gasteiger partial charge on any atom is -0.497 e. The predicted molar refractivity (Wildman–Crippen MR) is 78.7 cm³/mol. The van der Waals surface area contributed by atoms with E-state index in [1.165, 1.54) is 6.07 Å². The molecule has 110 valence electrons. The van der Waals surface area contributed by atoms with Gasteiger partial charge in [0.05, 0.1) is 12.7 Å². The molecule has 0 spiro atoms. The van der Waals surface area contributed by atoms with Crippen LogP contribution in [0.25, 0.3) is 22.8 Å². The Bertz CT molecular complexity index is 826. The smallest absolute Gasteiger partial charge is 0.336 e. The quantitative estimate of drug-likeness (QED) is 0.796. The summed E-state index contributed by atoms with van der Waals surface area (Å²) in [6.07, 6.45) is 0. The van der Waals surface area contributed by atoms with Crippen molar-refractivity contribution in [1.29, 1.82) is 0 Å². The molecule has 0 aliphatic heterocycles. The van der Waals surface area contributed by atoms with Crippen molar-refractivity contribution < 1.29 is 19.2 Å². The first-order valence-electron chi connectivity index (χ1n) is 6.50. The van der Waals surface area contributed by atoms with Gasteiger partial charge in [0.15, 0.2) is 0 Å². The van der Waals surface area contributed by atoms with Crippen LogP contribution in [-0.2, 0) is 0 Å². The van der Waals surface area contributed by atoms with Crippen molar-refractivity contribution in [3.05, 3.63) is 54.1 Å². The molecule has 0 amide bonds. The maximum absolute atomic E-state index is 11.3. The Kier molecular flexibility index (Phi) is 3.57. The zero-order chi connectivity index (χ0) is 15.5. The van der Waals surface area contributed by atoms with Gasteiger partial charge in [-0.3, -0.25) is 0 Å². The molecule has 0 unspecified atom stereocenters. The summed E-state index contributed by atoms with van der Waals surface area (Å²) in [6, 6.07) is 13.7. The molecule has 22 heavy (non-hydrogen) atoms. The predicted octanol–water partition coefficient (Wildman–Crippen LogP) is 3.11. The molecule has 3 rings (SSSR count). The number of carbonyl (C=O) groups is 1. The molecule has 1 heterocycles. The maximum Gasteiger partial charge on any atom is 0.336 e. The minimum absolute atomic E-state index is 0.125. The van der Waals surface area contributed by atoms with Crippen LogP contribution in [0.2, 0.25) is 0 Å². The van der Waals surface area contributed by atoms with Crippen LogP contribution in [-0.4, -0.2) is 28.3 Å². The van der Waals surface area contributed by atoms with Gasteiger partial charge in [0.1, 0.15) is 5.75 Å². The third kappa shape index (κ3) is 2.54. The Morgan fingerprint density at radius 3 is 2.77 bits per heavy atom. The van der Waals surface area contributed by atoms with Crippen LogP contribution in [0.3, 0.4) is 0 Å². The van der Waals surface area contributed by atoms with Gasteiger partial charge in [-0.2, -0.15) is 4.98 Å². The number of carboxylic acid groups (broad SMARTS) is 1. The number of aromatic nitrogens is 2. The van der Waals surface area contributed by atoms with Gasteiger partial charge in [0.2, 0.25) is 5.82 Å². The van der Waals surface area contributed by atoms with Gasteiger partial charge in [-0.05, 0) is 24.3 Å². The maximum atomic E-state index is 11.3. The molecule has 1 N–H and O–H groups in total. The van der Waals surface area contributed by atoms with Gasteiger partial charge >= 0.3 is 5.97 Å². The van der Waals surface area contributed by atoms with Crippen LogP contribution in [0.4, 0.5) is 0 Å². The first-order chi connectivity index (χ1) is 10.7. The monoisotopic (exact) mass is 296 g/mol. The van der Waals surface area contributed by atoms with Gasteiger partial charge in [-0.15, -0.1) is 0 Å². The molecule has 6 heteroatoms. The Morgan fingerprint density at radius 1 is 1.18 bits per heavy atom. The topological polar surface area (TPSA) is 85.5 Å². The van der Waals surface area contributed by atoms with Crippen LogP contribution in [0.15, 0.2) is 53.1 Å². The molecule has 0 saturated heterocycles. The van der Waals surface area contributed by atoms with Gasteiger partial charge < -0.3 is 14.4 Å². The zero-order valence-electron chi connectivity index (χ0n) is 11.7. The highest BCUT2D eigenvalue weighted by Crippen LogP contribution is 2.26. The third-order valence-electron chi connectivity index (χ3n) is 3.14. The number of aromatic carboxylic acids is 1. The van der Waals surface area contributed by atoms with E-state index >= 15 is 0 Å². The van der Waals surface area contributed by atoms with E-state index in [1.807, 2.05) is 12.1 Å². The molecule has 0 fully saturated rings. The van der Waals surface area contributed by atoms with Crippen molar-refractivity contribution in [2.24, 2.45) is 0 Å². The molecule has 0 atom stereocenters. The largest absolute Gasteiger partial charge is 0.497 e. The number of carboxylic acids is 1. The molecule has 0 aliphatic rings. The molecule has 6 nitrogen and oxygen atoms in total. The van der Waals surface area contributed by atoms with Crippen LogP contribution in [0, 0.1) is 0 Å². The molecule has 0 aliphatic carbocycles. The molecule has 0 radical (unpaired) electrons. The number of hydrogen-bond donors (Lipinski definition) is 1. The lowest BCUT2D eigenvalue weighted by Gasteiger charge is -2.00. The molecule has 0 bridgehead atoms. The van der Waals surface area contributed by atoms with E-state index in [1.54, 1.807) is 37.4 Å². The number of rotatable bonds is 4. The van der Waals surface area contributed by atoms with E-state index in [4.69, 9.17) is 9.26 Å². The molecular weight excluding hydrogens is 284 g/mol. The summed E-state index contributed by atoms with van der Waals surface area (Å²) < 4.78 is 10.4. The summed E-state index contributed by atoms with van der Waals surface area (Å²) in [5, 5.41) is 13.1. The Morgan fingerprint density at radius 2 is 2.00 bits per heavy atom. The van der Waals surface area contributed by atoms with E-state index in [0.717, 1.165) is 0 Å². The van der Waals surface area contributed by atoms with Gasteiger partial charge in [-0.25, -0.2) is 4.79 Å². The van der Waals surface area contributed by atoms with E-state index in [9.17, 15) is 9.90 Å². The van der Waals surface area contributed by atoms with Gasteiger partial charge in [-0.1, -0.05) is 29.4 Å². The normalized spacial score (nSPS) is 10.4. The minimum atomic E-state index is -1.04. The third-order valence-corrected chi connectivity index (χ3v) is 3.14. The number of methoxy groups -OCH3 is 1. The summed E-state index contributed by atoms with van der Waals surface area (Å²) in [5.41, 5.74) is 1.24. The summed E-state index contributed by atoms with van der Waals surface area (Å²) in [6.45, 7) is 0. The van der Waals surface area contributed by atoms with Crippen molar-refractivity contribution >= 4 is 5.97 Å². The van der Waals surface area contributed by atoms with Crippen molar-refractivity contribution in [1.82, 2.24) is 10.1 Å². The van der Waals surface area contributed by atoms with E-state index in [2.05, 4.69) is 10.1 Å².